The molecule has 0 amide bonds. The SMILES string of the molecule is O=Cc1nc(C(=O)C2CCCC2)cc2ccccc12. The molecule has 96 valence electrons. The van der Waals surface area contributed by atoms with Crippen molar-refractivity contribution in [3.8, 4) is 0 Å². The van der Waals surface area contributed by atoms with Gasteiger partial charge in [-0.1, -0.05) is 37.1 Å². The molecule has 3 rings (SSSR count). The van der Waals surface area contributed by atoms with Gasteiger partial charge < -0.3 is 0 Å². The summed E-state index contributed by atoms with van der Waals surface area (Å²) in [5, 5.41) is 1.71. The van der Waals surface area contributed by atoms with E-state index in [1.54, 1.807) is 0 Å². The first-order valence-corrected chi connectivity index (χ1v) is 6.69. The molecule has 0 unspecified atom stereocenters. The maximum atomic E-state index is 12.4. The Bertz CT molecular complexity index is 642. The molecule has 1 aliphatic carbocycles. The summed E-state index contributed by atoms with van der Waals surface area (Å²) in [5.74, 6) is 0.180. The minimum absolute atomic E-state index is 0.0892. The van der Waals surface area contributed by atoms with Gasteiger partial charge in [-0.15, -0.1) is 0 Å². The van der Waals surface area contributed by atoms with Crippen LogP contribution in [0.5, 0.6) is 0 Å². The van der Waals surface area contributed by atoms with Crippen molar-refractivity contribution in [1.29, 1.82) is 0 Å². The van der Waals surface area contributed by atoms with Gasteiger partial charge in [0.25, 0.3) is 0 Å². The smallest absolute Gasteiger partial charge is 0.184 e. The average Bonchev–Trinajstić information content (AvgIpc) is 2.99. The normalized spacial score (nSPS) is 15.8. The molecule has 1 aliphatic rings. The Hall–Kier alpha value is -2.03. The first-order chi connectivity index (χ1) is 9.29. The zero-order chi connectivity index (χ0) is 13.2. The average molecular weight is 253 g/mol. The number of hydrogen-bond acceptors (Lipinski definition) is 3. The summed E-state index contributed by atoms with van der Waals surface area (Å²) < 4.78 is 0. The summed E-state index contributed by atoms with van der Waals surface area (Å²) in [5.41, 5.74) is 0.798. The van der Waals surface area contributed by atoms with Crippen LogP contribution < -0.4 is 0 Å². The number of hydrogen-bond donors (Lipinski definition) is 0. The van der Waals surface area contributed by atoms with E-state index in [9.17, 15) is 9.59 Å². The molecule has 3 nitrogen and oxygen atoms in total. The van der Waals surface area contributed by atoms with Crippen LogP contribution in [0.1, 0.15) is 46.7 Å². The van der Waals surface area contributed by atoms with Gasteiger partial charge in [-0.2, -0.15) is 0 Å². The third-order valence-electron chi connectivity index (χ3n) is 3.86. The molecule has 0 N–H and O–H groups in total. The molecule has 1 heterocycles. The molecule has 1 fully saturated rings. The highest BCUT2D eigenvalue weighted by molar-refractivity contribution is 6.03. The second-order valence-corrected chi connectivity index (χ2v) is 5.08. The van der Waals surface area contributed by atoms with Crippen LogP contribution in [0.3, 0.4) is 0 Å². The van der Waals surface area contributed by atoms with Crippen LogP contribution >= 0.6 is 0 Å². The highest BCUT2D eigenvalue weighted by atomic mass is 16.1. The fourth-order valence-electron chi connectivity index (χ4n) is 2.84. The lowest BCUT2D eigenvalue weighted by atomic mass is 9.98. The fraction of sp³-hybridized carbons (Fsp3) is 0.312. The van der Waals surface area contributed by atoms with Crippen molar-refractivity contribution in [3.05, 3.63) is 41.7 Å². The molecule has 0 bridgehead atoms. The van der Waals surface area contributed by atoms with E-state index in [1.165, 1.54) is 0 Å². The largest absolute Gasteiger partial charge is 0.296 e. The highest BCUT2D eigenvalue weighted by Crippen LogP contribution is 2.28. The number of benzene rings is 1. The van der Waals surface area contributed by atoms with E-state index in [-0.39, 0.29) is 11.7 Å². The Kier molecular flexibility index (Phi) is 3.11. The van der Waals surface area contributed by atoms with Crippen LogP contribution in [0, 0.1) is 5.92 Å². The molecule has 0 saturated heterocycles. The molecule has 0 spiro atoms. The summed E-state index contributed by atoms with van der Waals surface area (Å²) in [6, 6.07) is 9.35. The van der Waals surface area contributed by atoms with E-state index in [0.29, 0.717) is 11.4 Å². The first-order valence-electron chi connectivity index (χ1n) is 6.69. The Labute approximate surface area is 111 Å². The number of nitrogens with zero attached hydrogens (tertiary/aromatic N) is 1. The predicted octanol–water partition coefficient (Wildman–Crippen LogP) is 3.42. The van der Waals surface area contributed by atoms with Gasteiger partial charge in [-0.3, -0.25) is 9.59 Å². The third kappa shape index (κ3) is 2.16. The number of carbonyl (C=O) groups is 2. The predicted molar refractivity (Wildman–Crippen MR) is 73.4 cm³/mol. The van der Waals surface area contributed by atoms with Crippen LogP contribution in [-0.4, -0.2) is 17.1 Å². The Morgan fingerprint density at radius 2 is 1.95 bits per heavy atom. The second kappa shape index (κ2) is 4.92. The number of aldehydes is 1. The van der Waals surface area contributed by atoms with E-state index in [1.807, 2.05) is 30.3 Å². The number of rotatable bonds is 3. The summed E-state index contributed by atoms with van der Waals surface area (Å²) in [6.07, 6.45) is 4.86. The topological polar surface area (TPSA) is 47.0 Å². The van der Waals surface area contributed by atoms with E-state index < -0.39 is 0 Å². The van der Waals surface area contributed by atoms with Gasteiger partial charge in [0.2, 0.25) is 0 Å². The van der Waals surface area contributed by atoms with Gasteiger partial charge in [-0.05, 0) is 24.3 Å². The van der Waals surface area contributed by atoms with E-state index in [4.69, 9.17) is 0 Å². The standard InChI is InChI=1S/C16H15NO2/c18-10-15-13-8-4-3-7-12(13)9-14(17-15)16(19)11-5-1-2-6-11/h3-4,7-11H,1-2,5-6H2. The molecular formula is C16H15NO2. The molecule has 0 radical (unpaired) electrons. The van der Waals surface area contributed by atoms with Gasteiger partial charge in [0, 0.05) is 11.3 Å². The van der Waals surface area contributed by atoms with Crippen LogP contribution in [0.4, 0.5) is 0 Å². The Morgan fingerprint density at radius 3 is 2.68 bits per heavy atom. The van der Waals surface area contributed by atoms with Crippen LogP contribution in [0.15, 0.2) is 30.3 Å². The lowest BCUT2D eigenvalue weighted by Gasteiger charge is -2.09. The first kappa shape index (κ1) is 12.0. The van der Waals surface area contributed by atoms with Crippen LogP contribution in [-0.2, 0) is 0 Å². The number of pyridine rings is 1. The Morgan fingerprint density at radius 1 is 1.21 bits per heavy atom. The second-order valence-electron chi connectivity index (χ2n) is 5.08. The zero-order valence-electron chi connectivity index (χ0n) is 10.6. The molecule has 3 heteroatoms. The summed E-state index contributed by atoms with van der Waals surface area (Å²) in [6.45, 7) is 0. The number of carbonyl (C=O) groups excluding carboxylic acids is 2. The van der Waals surface area contributed by atoms with Crippen molar-refractivity contribution < 1.29 is 9.59 Å². The summed E-state index contributed by atoms with van der Waals surface area (Å²) in [7, 11) is 0. The quantitative estimate of drug-likeness (QED) is 0.622. The number of fused-ring (bicyclic) bond motifs is 1. The molecule has 1 saturated carbocycles. The number of Topliss-reactive ketones (excluding diaryl/α,β-unsaturated/α-hetero) is 1. The van der Waals surface area contributed by atoms with E-state index in [2.05, 4.69) is 4.98 Å². The zero-order valence-corrected chi connectivity index (χ0v) is 10.6. The van der Waals surface area contributed by atoms with Gasteiger partial charge in [0.1, 0.15) is 11.4 Å². The van der Waals surface area contributed by atoms with Gasteiger partial charge >= 0.3 is 0 Å². The summed E-state index contributed by atoms with van der Waals surface area (Å²) >= 11 is 0. The van der Waals surface area contributed by atoms with Crippen LogP contribution in [0.2, 0.25) is 0 Å². The molecule has 1 aromatic heterocycles. The molecule has 2 aromatic rings. The van der Waals surface area contributed by atoms with Crippen molar-refractivity contribution in [3.63, 3.8) is 0 Å². The highest BCUT2D eigenvalue weighted by Gasteiger charge is 2.25. The van der Waals surface area contributed by atoms with Crippen molar-refractivity contribution in [2.24, 2.45) is 5.92 Å². The minimum Gasteiger partial charge on any atom is -0.296 e. The summed E-state index contributed by atoms with van der Waals surface area (Å²) in [4.78, 5) is 27.8. The molecule has 0 atom stereocenters. The number of aromatic nitrogens is 1. The van der Waals surface area contributed by atoms with Gasteiger partial charge in [0.15, 0.2) is 12.1 Å². The van der Waals surface area contributed by atoms with E-state index >= 15 is 0 Å². The Balaban J connectivity index is 2.08. The molecular weight excluding hydrogens is 238 g/mol. The van der Waals surface area contributed by atoms with Crippen molar-refractivity contribution in [1.82, 2.24) is 4.98 Å². The van der Waals surface area contributed by atoms with Crippen LogP contribution in [0.25, 0.3) is 10.8 Å². The lowest BCUT2D eigenvalue weighted by molar-refractivity contribution is 0.0918. The maximum absolute atomic E-state index is 12.4. The minimum atomic E-state index is 0.0892. The van der Waals surface area contributed by atoms with Crippen molar-refractivity contribution in [2.45, 2.75) is 25.7 Å². The van der Waals surface area contributed by atoms with Gasteiger partial charge in [-0.25, -0.2) is 4.98 Å². The lowest BCUT2D eigenvalue weighted by Crippen LogP contribution is -2.13. The van der Waals surface area contributed by atoms with E-state index in [0.717, 1.165) is 42.7 Å². The molecule has 0 aliphatic heterocycles. The maximum Gasteiger partial charge on any atom is 0.184 e. The van der Waals surface area contributed by atoms with Crippen molar-refractivity contribution >= 4 is 22.8 Å². The monoisotopic (exact) mass is 253 g/mol. The van der Waals surface area contributed by atoms with Gasteiger partial charge in [0.05, 0.1) is 0 Å². The third-order valence-corrected chi connectivity index (χ3v) is 3.86. The molecule has 19 heavy (non-hydrogen) atoms. The fourth-order valence-corrected chi connectivity index (χ4v) is 2.84. The van der Waals surface area contributed by atoms with Crippen molar-refractivity contribution in [2.75, 3.05) is 0 Å². The molecule has 1 aromatic carbocycles. The number of ketones is 1.